The second-order valence-electron chi connectivity index (χ2n) is 2.85. The van der Waals surface area contributed by atoms with Gasteiger partial charge in [0.1, 0.15) is 5.75 Å². The van der Waals surface area contributed by atoms with Crippen molar-refractivity contribution in [1.29, 1.82) is 0 Å². The summed E-state index contributed by atoms with van der Waals surface area (Å²) in [5, 5.41) is 4.57. The van der Waals surface area contributed by atoms with Crippen molar-refractivity contribution in [3.63, 3.8) is 0 Å². The predicted molar refractivity (Wildman–Crippen MR) is 56.9 cm³/mol. The maximum atomic E-state index is 11.2. The molecule has 1 aromatic carbocycles. The molecule has 0 aliphatic rings. The molecule has 0 fully saturated rings. The van der Waals surface area contributed by atoms with Crippen LogP contribution in [-0.4, -0.2) is 21.0 Å². The Morgan fingerprint density at radius 3 is 2.41 bits per heavy atom. The van der Waals surface area contributed by atoms with Crippen LogP contribution in [0.5, 0.6) is 5.75 Å². The number of esters is 1. The van der Waals surface area contributed by atoms with Crippen LogP contribution in [0.15, 0.2) is 30.3 Å². The molecule has 0 aliphatic heterocycles. The van der Waals surface area contributed by atoms with E-state index in [4.69, 9.17) is 4.74 Å². The number of rotatable bonds is 5. The first-order chi connectivity index (χ1) is 7.47. The van der Waals surface area contributed by atoms with Gasteiger partial charge < -0.3 is 6.16 Å². The molecule has 0 bridgehead atoms. The van der Waals surface area contributed by atoms with E-state index < -0.39 is 16.3 Å². The maximum Gasteiger partial charge on any atom is 1.00 e. The van der Waals surface area contributed by atoms with Gasteiger partial charge in [0, 0.05) is 0 Å². The number of benzene rings is 1. The van der Waals surface area contributed by atoms with Gasteiger partial charge in [-0.05, 0) is 12.1 Å². The van der Waals surface area contributed by atoms with Gasteiger partial charge in [0.05, 0.1) is 13.0 Å². The summed E-state index contributed by atoms with van der Waals surface area (Å²) in [6, 6.07) is 8.42. The summed E-state index contributed by atoms with van der Waals surface area (Å²) < 4.78 is 29.8. The molecule has 90 valence electrons. The van der Waals surface area contributed by atoms with Crippen LogP contribution < -0.4 is 28.7 Å². The molecule has 8 heteroatoms. The van der Waals surface area contributed by atoms with E-state index in [2.05, 4.69) is 9.32 Å². The van der Waals surface area contributed by atoms with Crippen molar-refractivity contribution in [2.45, 2.75) is 6.42 Å². The Hall–Kier alpha value is -0.843. The predicted octanol–water partition coefficient (Wildman–Crippen LogP) is -2.68. The minimum atomic E-state index is -4.00. The monoisotopic (exact) mass is 253 g/mol. The molecule has 2 N–H and O–H groups in total. The van der Waals surface area contributed by atoms with E-state index >= 15 is 0 Å². The van der Waals surface area contributed by atoms with Gasteiger partial charge in [-0.1, -0.05) is 18.2 Å². The van der Waals surface area contributed by atoms with E-state index in [9.17, 15) is 13.2 Å². The van der Waals surface area contributed by atoms with Crippen LogP contribution in [0.4, 0.5) is 0 Å². The van der Waals surface area contributed by atoms with Gasteiger partial charge in [0.15, 0.2) is 0 Å². The maximum absolute atomic E-state index is 11.2. The van der Waals surface area contributed by atoms with Gasteiger partial charge >= 0.3 is 35.1 Å². The number of hydrogen-bond acceptors (Lipinski definition) is 5. The van der Waals surface area contributed by atoms with Crippen molar-refractivity contribution in [1.82, 2.24) is 0 Å². The Labute approximate surface area is 113 Å². The third-order valence-corrected chi connectivity index (χ3v) is 2.02. The molecular formula is C9H12LiNO5S. The minimum absolute atomic E-state index is 0. The summed E-state index contributed by atoms with van der Waals surface area (Å²) in [6.07, 6.45) is -0.189. The molecule has 17 heavy (non-hydrogen) atoms. The molecule has 0 saturated carbocycles. The van der Waals surface area contributed by atoms with Gasteiger partial charge in [0.2, 0.25) is 0 Å². The fraction of sp³-hybridized carbons (Fsp3) is 0.222. The molecule has 1 aromatic rings. The second-order valence-corrected chi connectivity index (χ2v) is 4.07. The number of carbonyl (C=O) groups is 1. The van der Waals surface area contributed by atoms with E-state index in [0.717, 1.165) is 0 Å². The quantitative estimate of drug-likeness (QED) is 0.350. The van der Waals surface area contributed by atoms with Crippen LogP contribution in [0.3, 0.4) is 0 Å². The normalized spacial score (nSPS) is 10.4. The molecule has 0 heterocycles. The zero-order valence-corrected chi connectivity index (χ0v) is 10.1. The van der Waals surface area contributed by atoms with Gasteiger partial charge in [-0.15, -0.1) is 0 Å². The smallest absolute Gasteiger partial charge is 1.00 e. The van der Waals surface area contributed by atoms with E-state index in [1.165, 1.54) is 0 Å². The van der Waals surface area contributed by atoms with E-state index in [-0.39, 0.29) is 33.3 Å². The van der Waals surface area contributed by atoms with Crippen molar-refractivity contribution >= 4 is 16.3 Å². The zero-order chi connectivity index (χ0) is 12.0. The molecule has 6 nitrogen and oxygen atoms in total. The molecule has 0 saturated heterocycles. The van der Waals surface area contributed by atoms with Crippen molar-refractivity contribution in [3.8, 4) is 5.75 Å². The molecule has 0 unspecified atom stereocenters. The van der Waals surface area contributed by atoms with Crippen molar-refractivity contribution in [3.05, 3.63) is 30.3 Å². The zero-order valence-electron chi connectivity index (χ0n) is 10.3. The van der Waals surface area contributed by atoms with Crippen LogP contribution in [0.2, 0.25) is 0 Å². The first kappa shape index (κ1) is 16.2. The molecule has 0 aromatic heterocycles. The van der Waals surface area contributed by atoms with E-state index in [1.807, 2.05) is 0 Å². The Bertz CT molecular complexity index is 453. The third-order valence-electron chi connectivity index (χ3n) is 1.53. The SMILES string of the molecule is NS(=O)(=O)OCCC(=O)Oc1ccccc1.[H-].[Li+]. The Balaban J connectivity index is 0. The topological polar surface area (TPSA) is 95.7 Å². The standard InChI is InChI=1S/C9H11NO5S.Li.H/c10-16(12,13)14-7-6-9(11)15-8-4-2-1-3-5-8;;/h1-5H,6-7H2,(H2,10,12,13);;/q;+1;-1. The number of para-hydroxylation sites is 1. The average Bonchev–Trinajstić information content (AvgIpc) is 2.17. The number of carbonyl (C=O) groups excluding carboxylic acids is 1. The van der Waals surface area contributed by atoms with Gasteiger partial charge in [-0.25, -0.2) is 5.14 Å². The summed E-state index contributed by atoms with van der Waals surface area (Å²) >= 11 is 0. The Kier molecular flexibility index (Phi) is 7.11. The van der Waals surface area contributed by atoms with E-state index in [1.54, 1.807) is 30.3 Å². The molecule has 0 amide bonds. The van der Waals surface area contributed by atoms with Gasteiger partial charge in [-0.2, -0.15) is 8.42 Å². The van der Waals surface area contributed by atoms with Crippen LogP contribution in [0.1, 0.15) is 7.85 Å². The number of nitrogens with two attached hydrogens (primary N) is 1. The number of ether oxygens (including phenoxy) is 1. The Morgan fingerprint density at radius 2 is 1.88 bits per heavy atom. The van der Waals surface area contributed by atoms with Crippen LogP contribution in [-0.2, 0) is 19.3 Å². The summed E-state index contributed by atoms with van der Waals surface area (Å²) in [4.78, 5) is 11.2. The summed E-state index contributed by atoms with van der Waals surface area (Å²) in [5.74, 6) is -0.196. The summed E-state index contributed by atoms with van der Waals surface area (Å²) in [6.45, 7) is -0.329. The third kappa shape index (κ3) is 7.96. The summed E-state index contributed by atoms with van der Waals surface area (Å²) in [5.41, 5.74) is 0. The fourth-order valence-corrected chi connectivity index (χ4v) is 1.23. The largest absolute Gasteiger partial charge is 1.00 e. The first-order valence-corrected chi connectivity index (χ1v) is 5.87. The Morgan fingerprint density at radius 1 is 1.29 bits per heavy atom. The van der Waals surface area contributed by atoms with Crippen molar-refractivity contribution in [2.24, 2.45) is 5.14 Å². The molecule has 0 atom stereocenters. The van der Waals surface area contributed by atoms with Crippen LogP contribution >= 0.6 is 0 Å². The van der Waals surface area contributed by atoms with Gasteiger partial charge in [-0.3, -0.25) is 8.98 Å². The van der Waals surface area contributed by atoms with Crippen LogP contribution in [0.25, 0.3) is 0 Å². The average molecular weight is 253 g/mol. The number of hydrogen-bond donors (Lipinski definition) is 1. The van der Waals surface area contributed by atoms with Crippen LogP contribution in [0, 0.1) is 0 Å². The minimum Gasteiger partial charge on any atom is -1.00 e. The molecule has 1 rings (SSSR count). The summed E-state index contributed by atoms with van der Waals surface area (Å²) in [7, 11) is -4.00. The van der Waals surface area contributed by atoms with Gasteiger partial charge in [0.25, 0.3) is 0 Å². The first-order valence-electron chi connectivity index (χ1n) is 4.40. The fourth-order valence-electron chi connectivity index (χ4n) is 0.912. The molecule has 0 radical (unpaired) electrons. The van der Waals surface area contributed by atoms with Crippen molar-refractivity contribution in [2.75, 3.05) is 6.61 Å². The van der Waals surface area contributed by atoms with Crippen molar-refractivity contribution < 1.29 is 42.4 Å². The molecule has 0 aliphatic carbocycles. The van der Waals surface area contributed by atoms with E-state index in [0.29, 0.717) is 5.75 Å². The molecule has 0 spiro atoms. The molecular weight excluding hydrogens is 241 g/mol. The second kappa shape index (κ2) is 7.48.